The summed E-state index contributed by atoms with van der Waals surface area (Å²) in [6.45, 7) is 0.452. The molecular formula is C13H13NO3S. The number of carboxylic acid groups (broad SMARTS) is 1. The van der Waals surface area contributed by atoms with Crippen LogP contribution in [0.5, 0.6) is 0 Å². The van der Waals surface area contributed by atoms with Gasteiger partial charge in [0, 0.05) is 11.4 Å². The van der Waals surface area contributed by atoms with Crippen LogP contribution in [-0.2, 0) is 12.3 Å². The summed E-state index contributed by atoms with van der Waals surface area (Å²) in [6, 6.07) is 8.84. The normalized spacial score (nSPS) is 10.3. The van der Waals surface area contributed by atoms with Crippen molar-refractivity contribution < 1.29 is 14.3 Å². The van der Waals surface area contributed by atoms with Gasteiger partial charge in [0.1, 0.15) is 5.76 Å². The quantitative estimate of drug-likeness (QED) is 0.726. The highest BCUT2D eigenvalue weighted by Crippen LogP contribution is 2.19. The first-order valence-corrected chi connectivity index (χ1v) is 6.07. The Morgan fingerprint density at radius 3 is 2.83 bits per heavy atom. The van der Waals surface area contributed by atoms with Gasteiger partial charge in [-0.1, -0.05) is 6.07 Å². The van der Waals surface area contributed by atoms with E-state index in [9.17, 15) is 4.79 Å². The van der Waals surface area contributed by atoms with Crippen LogP contribution in [-0.4, -0.2) is 11.1 Å². The minimum absolute atomic E-state index is 0.244. The first-order chi connectivity index (χ1) is 8.70. The molecule has 1 aromatic heterocycles. The molecule has 4 nitrogen and oxygen atoms in total. The van der Waals surface area contributed by atoms with Crippen molar-refractivity contribution in [2.24, 2.45) is 0 Å². The second-order valence-corrected chi connectivity index (χ2v) is 4.09. The van der Waals surface area contributed by atoms with Crippen LogP contribution in [0.15, 0.2) is 41.0 Å². The van der Waals surface area contributed by atoms with Gasteiger partial charge in [-0.15, -0.1) is 0 Å². The molecule has 0 saturated heterocycles. The molecule has 2 aromatic rings. The van der Waals surface area contributed by atoms with Crippen molar-refractivity contribution in [1.82, 2.24) is 0 Å². The van der Waals surface area contributed by atoms with Crippen LogP contribution in [0.3, 0.4) is 0 Å². The van der Waals surface area contributed by atoms with Gasteiger partial charge in [0.15, 0.2) is 0 Å². The molecule has 0 saturated carbocycles. The zero-order valence-corrected chi connectivity index (χ0v) is 10.5. The molecule has 0 bridgehead atoms. The number of benzene rings is 1. The molecule has 94 valence electrons. The zero-order chi connectivity index (χ0) is 13.0. The smallest absolute Gasteiger partial charge is 0.337 e. The molecule has 18 heavy (non-hydrogen) atoms. The molecule has 0 aliphatic heterocycles. The molecular weight excluding hydrogens is 250 g/mol. The van der Waals surface area contributed by atoms with Crippen molar-refractivity contribution in [3.63, 3.8) is 0 Å². The van der Waals surface area contributed by atoms with Crippen LogP contribution in [0.4, 0.5) is 5.69 Å². The highest BCUT2D eigenvalue weighted by atomic mass is 32.1. The maximum absolute atomic E-state index is 11.2. The third-order valence-corrected chi connectivity index (χ3v) is 2.90. The van der Waals surface area contributed by atoms with Gasteiger partial charge in [-0.3, -0.25) is 0 Å². The maximum atomic E-state index is 11.2. The van der Waals surface area contributed by atoms with Crippen LogP contribution < -0.4 is 5.32 Å². The molecule has 0 unspecified atom stereocenters. The van der Waals surface area contributed by atoms with Crippen LogP contribution >= 0.6 is 12.6 Å². The Morgan fingerprint density at radius 1 is 1.39 bits per heavy atom. The van der Waals surface area contributed by atoms with E-state index in [1.54, 1.807) is 24.5 Å². The van der Waals surface area contributed by atoms with Crippen molar-refractivity contribution >= 4 is 24.3 Å². The molecule has 0 spiro atoms. The minimum Gasteiger partial charge on any atom is -0.478 e. The Hall–Kier alpha value is -1.88. The molecule has 0 atom stereocenters. The van der Waals surface area contributed by atoms with E-state index in [2.05, 4.69) is 17.9 Å². The van der Waals surface area contributed by atoms with Gasteiger partial charge in [0.05, 0.1) is 18.4 Å². The Kier molecular flexibility index (Phi) is 3.94. The first-order valence-electron chi connectivity index (χ1n) is 5.44. The average molecular weight is 263 g/mol. The fourth-order valence-electron chi connectivity index (χ4n) is 1.62. The molecule has 0 radical (unpaired) electrons. The summed E-state index contributed by atoms with van der Waals surface area (Å²) < 4.78 is 5.18. The number of hydrogen-bond acceptors (Lipinski definition) is 4. The molecule has 0 aliphatic rings. The van der Waals surface area contributed by atoms with Crippen molar-refractivity contribution in [3.05, 3.63) is 53.5 Å². The molecule has 1 heterocycles. The standard InChI is InChI=1S/C13H13NO3S/c15-13(16)11-6-9(8-18)3-4-12(11)14-7-10-2-1-5-17-10/h1-6,14,18H,7-8H2,(H,15,16). The lowest BCUT2D eigenvalue weighted by atomic mass is 10.1. The highest BCUT2D eigenvalue weighted by Gasteiger charge is 2.10. The molecule has 0 fully saturated rings. The van der Waals surface area contributed by atoms with E-state index in [-0.39, 0.29) is 5.56 Å². The highest BCUT2D eigenvalue weighted by molar-refractivity contribution is 7.79. The Bertz CT molecular complexity index is 537. The van der Waals surface area contributed by atoms with Gasteiger partial charge in [0.2, 0.25) is 0 Å². The molecule has 2 N–H and O–H groups in total. The summed E-state index contributed by atoms with van der Waals surface area (Å²) in [5.74, 6) is 0.309. The number of nitrogens with one attached hydrogen (secondary N) is 1. The average Bonchev–Trinajstić information content (AvgIpc) is 2.89. The SMILES string of the molecule is O=C(O)c1cc(CS)ccc1NCc1ccco1. The van der Waals surface area contributed by atoms with E-state index in [0.717, 1.165) is 11.3 Å². The third-order valence-electron chi connectivity index (χ3n) is 2.53. The summed E-state index contributed by atoms with van der Waals surface area (Å²) in [4.78, 5) is 11.2. The Morgan fingerprint density at radius 2 is 2.22 bits per heavy atom. The minimum atomic E-state index is -0.958. The van der Waals surface area contributed by atoms with Gasteiger partial charge in [0.25, 0.3) is 0 Å². The molecule has 5 heteroatoms. The Balaban J connectivity index is 2.18. The van der Waals surface area contributed by atoms with Gasteiger partial charge < -0.3 is 14.8 Å². The van der Waals surface area contributed by atoms with Crippen molar-refractivity contribution in [3.8, 4) is 0 Å². The van der Waals surface area contributed by atoms with Crippen molar-refractivity contribution in [1.29, 1.82) is 0 Å². The lowest BCUT2D eigenvalue weighted by Crippen LogP contribution is -2.06. The van der Waals surface area contributed by atoms with Crippen LogP contribution in [0.2, 0.25) is 0 Å². The van der Waals surface area contributed by atoms with Crippen LogP contribution in [0.25, 0.3) is 0 Å². The molecule has 0 amide bonds. The van der Waals surface area contributed by atoms with E-state index < -0.39 is 5.97 Å². The summed E-state index contributed by atoms with van der Waals surface area (Å²) in [5.41, 5.74) is 1.69. The fraction of sp³-hybridized carbons (Fsp3) is 0.154. The zero-order valence-electron chi connectivity index (χ0n) is 9.59. The van der Waals surface area contributed by atoms with Crippen molar-refractivity contribution in [2.45, 2.75) is 12.3 Å². The number of rotatable bonds is 5. The first kappa shape index (κ1) is 12.6. The lowest BCUT2D eigenvalue weighted by molar-refractivity contribution is 0.0698. The summed E-state index contributed by atoms with van der Waals surface area (Å²) >= 11 is 4.13. The number of anilines is 1. The number of thiol groups is 1. The lowest BCUT2D eigenvalue weighted by Gasteiger charge is -2.09. The number of carboxylic acids is 1. The third kappa shape index (κ3) is 2.87. The maximum Gasteiger partial charge on any atom is 0.337 e. The van der Waals surface area contributed by atoms with Crippen LogP contribution in [0, 0.1) is 0 Å². The topological polar surface area (TPSA) is 62.5 Å². The molecule has 2 rings (SSSR count). The number of hydrogen-bond donors (Lipinski definition) is 3. The fourth-order valence-corrected chi connectivity index (χ4v) is 1.81. The van der Waals surface area contributed by atoms with E-state index in [1.165, 1.54) is 0 Å². The number of aromatic carboxylic acids is 1. The molecule has 1 aromatic carbocycles. The van der Waals surface area contributed by atoms with E-state index in [1.807, 2.05) is 12.1 Å². The predicted molar refractivity (Wildman–Crippen MR) is 72.1 cm³/mol. The largest absolute Gasteiger partial charge is 0.478 e. The number of furan rings is 1. The summed E-state index contributed by atoms with van der Waals surface area (Å²) in [7, 11) is 0. The Labute approximate surface area is 110 Å². The van der Waals surface area contributed by atoms with E-state index in [0.29, 0.717) is 18.0 Å². The van der Waals surface area contributed by atoms with Gasteiger partial charge in [-0.2, -0.15) is 12.6 Å². The van der Waals surface area contributed by atoms with Gasteiger partial charge in [-0.05, 0) is 29.8 Å². The monoisotopic (exact) mass is 263 g/mol. The van der Waals surface area contributed by atoms with Crippen molar-refractivity contribution in [2.75, 3.05) is 5.32 Å². The second kappa shape index (κ2) is 5.64. The predicted octanol–water partition coefficient (Wildman–Crippen LogP) is 3.02. The number of carbonyl (C=O) groups is 1. The molecule has 0 aliphatic carbocycles. The van der Waals surface area contributed by atoms with E-state index >= 15 is 0 Å². The summed E-state index contributed by atoms with van der Waals surface area (Å²) in [6.07, 6.45) is 1.58. The summed E-state index contributed by atoms with van der Waals surface area (Å²) in [5, 5.41) is 12.2. The van der Waals surface area contributed by atoms with E-state index in [4.69, 9.17) is 9.52 Å². The van der Waals surface area contributed by atoms with Gasteiger partial charge >= 0.3 is 5.97 Å². The van der Waals surface area contributed by atoms with Crippen LogP contribution in [0.1, 0.15) is 21.7 Å². The van der Waals surface area contributed by atoms with Gasteiger partial charge in [-0.25, -0.2) is 4.79 Å². The second-order valence-electron chi connectivity index (χ2n) is 3.78.